The molecule has 1 atom stereocenters. The van der Waals surface area contributed by atoms with Crippen LogP contribution in [-0.4, -0.2) is 25.1 Å². The number of rotatable bonds is 4. The lowest BCUT2D eigenvalue weighted by Gasteiger charge is -1.96. The molecule has 0 saturated heterocycles. The predicted molar refractivity (Wildman–Crippen MR) is 71.7 cm³/mol. The first-order chi connectivity index (χ1) is 9.72. The number of benzene rings is 1. The summed E-state index contributed by atoms with van der Waals surface area (Å²) in [6.07, 6.45) is 2.68. The van der Waals surface area contributed by atoms with Crippen molar-refractivity contribution in [1.29, 1.82) is 0 Å². The van der Waals surface area contributed by atoms with Crippen LogP contribution in [0.15, 0.2) is 47.2 Å². The third kappa shape index (κ3) is 2.60. The SMILES string of the molecule is CC(O)c1cn(Cc2coc(-c3ccccc3)n2)nn1. The molecule has 1 aromatic carbocycles. The largest absolute Gasteiger partial charge is 0.444 e. The Morgan fingerprint density at radius 1 is 1.30 bits per heavy atom. The van der Waals surface area contributed by atoms with E-state index in [0.29, 0.717) is 18.1 Å². The molecule has 0 amide bonds. The van der Waals surface area contributed by atoms with Crippen LogP contribution in [0.1, 0.15) is 24.4 Å². The molecule has 3 rings (SSSR count). The summed E-state index contributed by atoms with van der Waals surface area (Å²) < 4.78 is 7.07. The monoisotopic (exact) mass is 270 g/mol. The van der Waals surface area contributed by atoms with Crippen molar-refractivity contribution in [1.82, 2.24) is 20.0 Å². The first kappa shape index (κ1) is 12.6. The van der Waals surface area contributed by atoms with E-state index in [2.05, 4.69) is 15.3 Å². The van der Waals surface area contributed by atoms with Gasteiger partial charge in [-0.05, 0) is 19.1 Å². The second kappa shape index (κ2) is 5.26. The number of hydrogen-bond donors (Lipinski definition) is 1. The van der Waals surface area contributed by atoms with Gasteiger partial charge in [-0.15, -0.1) is 5.10 Å². The van der Waals surface area contributed by atoms with Gasteiger partial charge < -0.3 is 9.52 Å². The zero-order chi connectivity index (χ0) is 13.9. The standard InChI is InChI=1S/C14H14N4O2/c1-10(19)13-8-18(17-16-13)7-12-9-20-14(15-12)11-5-3-2-4-6-11/h2-6,8-10,19H,7H2,1H3. The van der Waals surface area contributed by atoms with Gasteiger partial charge in [-0.1, -0.05) is 23.4 Å². The Balaban J connectivity index is 1.77. The van der Waals surface area contributed by atoms with E-state index < -0.39 is 6.10 Å². The van der Waals surface area contributed by atoms with Crippen molar-refractivity contribution in [3.05, 3.63) is 54.2 Å². The Kier molecular flexibility index (Phi) is 3.30. The van der Waals surface area contributed by atoms with Crippen LogP contribution >= 0.6 is 0 Å². The summed E-state index contributed by atoms with van der Waals surface area (Å²) in [6, 6.07) is 9.70. The summed E-state index contributed by atoms with van der Waals surface area (Å²) in [5, 5.41) is 17.2. The van der Waals surface area contributed by atoms with Gasteiger partial charge in [0.15, 0.2) is 0 Å². The van der Waals surface area contributed by atoms with Crippen molar-refractivity contribution < 1.29 is 9.52 Å². The number of aliphatic hydroxyl groups excluding tert-OH is 1. The number of nitrogens with zero attached hydrogens (tertiary/aromatic N) is 4. The van der Waals surface area contributed by atoms with Gasteiger partial charge in [-0.2, -0.15) is 0 Å². The molecule has 20 heavy (non-hydrogen) atoms. The topological polar surface area (TPSA) is 77.0 Å². The first-order valence-corrected chi connectivity index (χ1v) is 6.30. The van der Waals surface area contributed by atoms with E-state index in [1.54, 1.807) is 24.1 Å². The van der Waals surface area contributed by atoms with Gasteiger partial charge in [0.25, 0.3) is 0 Å². The molecule has 1 unspecified atom stereocenters. The molecule has 3 aromatic rings. The molecular formula is C14H14N4O2. The van der Waals surface area contributed by atoms with E-state index >= 15 is 0 Å². The van der Waals surface area contributed by atoms with Gasteiger partial charge in [-0.25, -0.2) is 9.67 Å². The Bertz CT molecular complexity index is 688. The molecule has 0 bridgehead atoms. The fraction of sp³-hybridized carbons (Fsp3) is 0.214. The molecule has 2 heterocycles. The predicted octanol–water partition coefficient (Wildman–Crippen LogP) is 2.03. The zero-order valence-electron chi connectivity index (χ0n) is 11.0. The van der Waals surface area contributed by atoms with Crippen LogP contribution in [0, 0.1) is 0 Å². The number of oxazole rings is 1. The molecule has 0 fully saturated rings. The van der Waals surface area contributed by atoms with Crippen molar-refractivity contribution in [2.45, 2.75) is 19.6 Å². The molecule has 6 nitrogen and oxygen atoms in total. The lowest BCUT2D eigenvalue weighted by Crippen LogP contribution is -2.00. The highest BCUT2D eigenvalue weighted by Gasteiger charge is 2.10. The zero-order valence-corrected chi connectivity index (χ0v) is 11.0. The number of hydrogen-bond acceptors (Lipinski definition) is 5. The first-order valence-electron chi connectivity index (χ1n) is 6.30. The second-order valence-electron chi connectivity index (χ2n) is 4.53. The molecule has 0 aliphatic carbocycles. The molecule has 0 radical (unpaired) electrons. The summed E-state index contributed by atoms with van der Waals surface area (Å²) in [5.41, 5.74) is 2.23. The van der Waals surface area contributed by atoms with Crippen LogP contribution in [0.25, 0.3) is 11.5 Å². The van der Waals surface area contributed by atoms with E-state index in [1.807, 2.05) is 30.3 Å². The Morgan fingerprint density at radius 2 is 2.10 bits per heavy atom. The van der Waals surface area contributed by atoms with E-state index in [9.17, 15) is 5.11 Å². The van der Waals surface area contributed by atoms with Gasteiger partial charge in [0, 0.05) is 5.56 Å². The van der Waals surface area contributed by atoms with Crippen molar-refractivity contribution in [2.24, 2.45) is 0 Å². The maximum absolute atomic E-state index is 9.41. The van der Waals surface area contributed by atoms with Gasteiger partial charge in [0.05, 0.1) is 18.8 Å². The van der Waals surface area contributed by atoms with Crippen LogP contribution < -0.4 is 0 Å². The van der Waals surface area contributed by atoms with Gasteiger partial charge >= 0.3 is 0 Å². The minimum atomic E-state index is -0.624. The highest BCUT2D eigenvalue weighted by atomic mass is 16.3. The molecule has 0 spiro atoms. The van der Waals surface area contributed by atoms with Gasteiger partial charge in [-0.3, -0.25) is 0 Å². The third-order valence-electron chi connectivity index (χ3n) is 2.88. The lowest BCUT2D eigenvalue weighted by atomic mass is 10.2. The highest BCUT2D eigenvalue weighted by Crippen LogP contribution is 2.18. The van der Waals surface area contributed by atoms with Crippen molar-refractivity contribution in [3.8, 4) is 11.5 Å². The summed E-state index contributed by atoms with van der Waals surface area (Å²) >= 11 is 0. The van der Waals surface area contributed by atoms with Crippen LogP contribution in [0.3, 0.4) is 0 Å². The van der Waals surface area contributed by atoms with Gasteiger partial charge in [0.2, 0.25) is 5.89 Å². The summed E-state index contributed by atoms with van der Waals surface area (Å²) in [6.45, 7) is 2.11. The Hall–Kier alpha value is -2.47. The minimum Gasteiger partial charge on any atom is -0.444 e. The normalized spacial score (nSPS) is 12.5. The van der Waals surface area contributed by atoms with Crippen molar-refractivity contribution in [3.63, 3.8) is 0 Å². The average Bonchev–Trinajstić information content (AvgIpc) is 3.10. The summed E-state index contributed by atoms with van der Waals surface area (Å²) in [4.78, 5) is 4.41. The second-order valence-corrected chi connectivity index (χ2v) is 4.53. The average molecular weight is 270 g/mol. The fourth-order valence-corrected chi connectivity index (χ4v) is 1.84. The maximum Gasteiger partial charge on any atom is 0.226 e. The Morgan fingerprint density at radius 3 is 2.80 bits per heavy atom. The lowest BCUT2D eigenvalue weighted by molar-refractivity contribution is 0.194. The van der Waals surface area contributed by atoms with Crippen molar-refractivity contribution >= 4 is 0 Å². The van der Waals surface area contributed by atoms with Crippen LogP contribution in [0.4, 0.5) is 0 Å². The van der Waals surface area contributed by atoms with E-state index in [1.165, 1.54) is 0 Å². The van der Waals surface area contributed by atoms with Crippen LogP contribution in [0.5, 0.6) is 0 Å². The molecule has 2 aromatic heterocycles. The molecule has 0 aliphatic rings. The fourth-order valence-electron chi connectivity index (χ4n) is 1.84. The molecule has 1 N–H and O–H groups in total. The number of aliphatic hydroxyl groups is 1. The molecule has 6 heteroatoms. The molecule has 0 aliphatic heterocycles. The smallest absolute Gasteiger partial charge is 0.226 e. The van der Waals surface area contributed by atoms with Crippen molar-refractivity contribution in [2.75, 3.05) is 0 Å². The van der Waals surface area contributed by atoms with Crippen LogP contribution in [-0.2, 0) is 6.54 Å². The van der Waals surface area contributed by atoms with Crippen LogP contribution in [0.2, 0.25) is 0 Å². The quantitative estimate of drug-likeness (QED) is 0.785. The molecule has 0 saturated carbocycles. The molecule has 102 valence electrons. The third-order valence-corrected chi connectivity index (χ3v) is 2.88. The summed E-state index contributed by atoms with van der Waals surface area (Å²) in [5.74, 6) is 0.580. The van der Waals surface area contributed by atoms with E-state index in [-0.39, 0.29) is 0 Å². The number of aromatic nitrogens is 4. The van der Waals surface area contributed by atoms with E-state index in [0.717, 1.165) is 11.3 Å². The molecular weight excluding hydrogens is 256 g/mol. The van der Waals surface area contributed by atoms with Gasteiger partial charge in [0.1, 0.15) is 17.7 Å². The summed E-state index contributed by atoms with van der Waals surface area (Å²) in [7, 11) is 0. The minimum absolute atomic E-state index is 0.454. The maximum atomic E-state index is 9.41. The highest BCUT2D eigenvalue weighted by molar-refractivity contribution is 5.52. The Labute approximate surface area is 115 Å². The van der Waals surface area contributed by atoms with E-state index in [4.69, 9.17) is 4.42 Å².